The van der Waals surface area contributed by atoms with Crippen LogP contribution in [0.1, 0.15) is 45.9 Å². The summed E-state index contributed by atoms with van der Waals surface area (Å²) in [5.74, 6) is -0.101. The van der Waals surface area contributed by atoms with Gasteiger partial charge in [0, 0.05) is 30.1 Å². The van der Waals surface area contributed by atoms with Crippen molar-refractivity contribution in [2.45, 2.75) is 46.8 Å². The Morgan fingerprint density at radius 3 is 2.66 bits per heavy atom. The second-order valence-corrected chi connectivity index (χ2v) is 9.40. The molecule has 7 heteroatoms. The van der Waals surface area contributed by atoms with E-state index in [0.717, 1.165) is 11.3 Å². The van der Waals surface area contributed by atoms with Gasteiger partial charge < -0.3 is 14.4 Å². The quantitative estimate of drug-likeness (QED) is 0.550. The third-order valence-electron chi connectivity index (χ3n) is 5.02. The average Bonchev–Trinajstić information content (AvgIpc) is 2.71. The highest BCUT2D eigenvalue weighted by molar-refractivity contribution is 5.74. The Kier molecular flexibility index (Phi) is 6.54. The summed E-state index contributed by atoms with van der Waals surface area (Å²) in [6.07, 6.45) is 1.65. The van der Waals surface area contributed by atoms with Gasteiger partial charge in [-0.25, -0.2) is 19.0 Å². The predicted octanol–water partition coefficient (Wildman–Crippen LogP) is 6.01. The molecule has 3 rings (SSSR count). The Morgan fingerprint density at radius 2 is 2.03 bits per heavy atom. The number of rotatable bonds is 4. The number of aromatic nitrogens is 1. The highest BCUT2D eigenvalue weighted by atomic mass is 19.1. The SMILES string of the molecule is [C-]#[N+]c1ccc(COc2cccc(C3=CCN(C(=O)OC(C)(C)C)CC3(C)C)n2)c(F)c1. The van der Waals surface area contributed by atoms with E-state index in [1.807, 2.05) is 39.0 Å². The maximum atomic E-state index is 14.1. The molecular weight excluding hydrogens is 409 g/mol. The minimum atomic E-state index is -0.547. The molecule has 1 aromatic heterocycles. The molecule has 0 fully saturated rings. The first kappa shape index (κ1) is 23.3. The predicted molar refractivity (Wildman–Crippen MR) is 121 cm³/mol. The number of ether oxygens (including phenoxy) is 2. The number of amides is 1. The Hall–Kier alpha value is -3.40. The van der Waals surface area contributed by atoms with Crippen LogP contribution in [-0.4, -0.2) is 34.7 Å². The van der Waals surface area contributed by atoms with Crippen LogP contribution in [0.3, 0.4) is 0 Å². The number of hydrogen-bond acceptors (Lipinski definition) is 4. The first-order chi connectivity index (χ1) is 15.0. The molecule has 168 valence electrons. The van der Waals surface area contributed by atoms with Gasteiger partial charge in [-0.2, -0.15) is 0 Å². The van der Waals surface area contributed by atoms with E-state index < -0.39 is 11.4 Å². The molecule has 0 saturated heterocycles. The number of benzene rings is 1. The average molecular weight is 438 g/mol. The number of carbonyl (C=O) groups is 1. The molecular formula is C25H28FN3O3. The lowest BCUT2D eigenvalue weighted by Crippen LogP contribution is -2.45. The fraction of sp³-hybridized carbons (Fsp3) is 0.400. The van der Waals surface area contributed by atoms with Crippen molar-refractivity contribution in [1.82, 2.24) is 9.88 Å². The zero-order valence-electron chi connectivity index (χ0n) is 19.1. The van der Waals surface area contributed by atoms with Crippen molar-refractivity contribution in [3.05, 3.63) is 71.0 Å². The third-order valence-corrected chi connectivity index (χ3v) is 5.02. The zero-order chi connectivity index (χ0) is 23.5. The van der Waals surface area contributed by atoms with Crippen LogP contribution in [0.15, 0.2) is 42.5 Å². The van der Waals surface area contributed by atoms with Crippen LogP contribution >= 0.6 is 0 Å². The highest BCUT2D eigenvalue weighted by Crippen LogP contribution is 2.38. The fourth-order valence-corrected chi connectivity index (χ4v) is 3.54. The largest absolute Gasteiger partial charge is 0.473 e. The lowest BCUT2D eigenvalue weighted by atomic mass is 9.79. The molecule has 1 aromatic carbocycles. The van der Waals surface area contributed by atoms with Gasteiger partial charge in [-0.05, 0) is 38.5 Å². The van der Waals surface area contributed by atoms with Crippen LogP contribution in [0, 0.1) is 17.8 Å². The first-order valence-electron chi connectivity index (χ1n) is 10.4. The summed E-state index contributed by atoms with van der Waals surface area (Å²) in [5, 5.41) is 0. The Balaban J connectivity index is 1.74. The number of nitrogens with zero attached hydrogens (tertiary/aromatic N) is 3. The molecule has 0 saturated carbocycles. The molecule has 1 amide bonds. The molecule has 0 atom stereocenters. The van der Waals surface area contributed by atoms with Crippen molar-refractivity contribution in [3.63, 3.8) is 0 Å². The molecule has 0 spiro atoms. The minimum absolute atomic E-state index is 0.00935. The minimum Gasteiger partial charge on any atom is -0.473 e. The van der Waals surface area contributed by atoms with Crippen LogP contribution in [0.25, 0.3) is 10.4 Å². The summed E-state index contributed by atoms with van der Waals surface area (Å²) >= 11 is 0. The molecule has 0 radical (unpaired) electrons. The molecule has 0 unspecified atom stereocenters. The highest BCUT2D eigenvalue weighted by Gasteiger charge is 2.35. The van der Waals surface area contributed by atoms with Crippen LogP contribution in [0.5, 0.6) is 5.88 Å². The number of halogens is 1. The zero-order valence-corrected chi connectivity index (χ0v) is 19.1. The monoisotopic (exact) mass is 437 g/mol. The number of hydrogen-bond donors (Lipinski definition) is 0. The van der Waals surface area contributed by atoms with Crippen molar-refractivity contribution in [2.75, 3.05) is 13.1 Å². The molecule has 0 N–H and O–H groups in total. The van der Waals surface area contributed by atoms with Gasteiger partial charge in [0.1, 0.15) is 18.0 Å². The second kappa shape index (κ2) is 8.99. The van der Waals surface area contributed by atoms with E-state index in [2.05, 4.69) is 23.7 Å². The van der Waals surface area contributed by atoms with E-state index in [9.17, 15) is 9.18 Å². The second-order valence-electron chi connectivity index (χ2n) is 9.40. The van der Waals surface area contributed by atoms with Crippen molar-refractivity contribution in [1.29, 1.82) is 0 Å². The lowest BCUT2D eigenvalue weighted by molar-refractivity contribution is 0.0219. The molecule has 1 aliphatic heterocycles. The van der Waals surface area contributed by atoms with Gasteiger partial charge in [-0.3, -0.25) is 0 Å². The maximum Gasteiger partial charge on any atom is 0.410 e. The molecule has 1 aliphatic rings. The Labute approximate surface area is 188 Å². The summed E-state index contributed by atoms with van der Waals surface area (Å²) in [5.41, 5.74) is 1.47. The van der Waals surface area contributed by atoms with Crippen LogP contribution < -0.4 is 4.74 Å². The van der Waals surface area contributed by atoms with Gasteiger partial charge in [0.05, 0.1) is 12.3 Å². The van der Waals surface area contributed by atoms with E-state index >= 15 is 0 Å². The van der Waals surface area contributed by atoms with Crippen LogP contribution in [-0.2, 0) is 11.3 Å². The Bertz CT molecular complexity index is 1080. The summed E-state index contributed by atoms with van der Waals surface area (Å²) in [6.45, 7) is 17.6. The molecule has 2 aromatic rings. The van der Waals surface area contributed by atoms with Crippen LogP contribution in [0.2, 0.25) is 0 Å². The normalized spacial score (nSPS) is 15.5. The van der Waals surface area contributed by atoms with Crippen molar-refractivity contribution in [3.8, 4) is 5.88 Å². The standard InChI is InChI=1S/C25H28FN3O3/c1-24(2,3)32-23(30)29-13-12-19(25(4,5)16-29)21-8-7-9-22(28-21)31-15-17-10-11-18(27-6)14-20(17)26/h7-12,14H,13,15-16H2,1-5H3. The van der Waals surface area contributed by atoms with Gasteiger partial charge >= 0.3 is 6.09 Å². The maximum absolute atomic E-state index is 14.1. The molecule has 32 heavy (non-hydrogen) atoms. The number of carbonyl (C=O) groups excluding carboxylic acids is 1. The fourth-order valence-electron chi connectivity index (χ4n) is 3.54. The van der Waals surface area contributed by atoms with E-state index in [0.29, 0.717) is 24.5 Å². The van der Waals surface area contributed by atoms with Gasteiger partial charge in [-0.15, -0.1) is 0 Å². The number of pyridine rings is 1. The first-order valence-corrected chi connectivity index (χ1v) is 10.4. The molecule has 6 nitrogen and oxygen atoms in total. The van der Waals surface area contributed by atoms with Crippen LogP contribution in [0.4, 0.5) is 14.9 Å². The molecule has 0 aliphatic carbocycles. The molecule has 0 bridgehead atoms. The Morgan fingerprint density at radius 1 is 1.28 bits per heavy atom. The van der Waals surface area contributed by atoms with E-state index in [1.54, 1.807) is 23.1 Å². The topological polar surface area (TPSA) is 56.0 Å². The van der Waals surface area contributed by atoms with Gasteiger partial charge in [-0.1, -0.05) is 38.1 Å². The van der Waals surface area contributed by atoms with Crippen molar-refractivity contribution >= 4 is 17.4 Å². The molecule has 2 heterocycles. The van der Waals surface area contributed by atoms with Gasteiger partial charge in [0.25, 0.3) is 0 Å². The van der Waals surface area contributed by atoms with Crippen molar-refractivity contribution < 1.29 is 18.7 Å². The summed E-state index contributed by atoms with van der Waals surface area (Å²) < 4.78 is 25.3. The lowest BCUT2D eigenvalue weighted by Gasteiger charge is -2.39. The smallest absolute Gasteiger partial charge is 0.410 e. The third kappa shape index (κ3) is 5.64. The van der Waals surface area contributed by atoms with Gasteiger partial charge in [0.15, 0.2) is 5.69 Å². The summed E-state index contributed by atoms with van der Waals surface area (Å²) in [6, 6.07) is 9.76. The summed E-state index contributed by atoms with van der Waals surface area (Å²) in [4.78, 5) is 22.0. The van der Waals surface area contributed by atoms with E-state index in [1.165, 1.54) is 6.07 Å². The van der Waals surface area contributed by atoms with E-state index in [4.69, 9.17) is 16.0 Å². The van der Waals surface area contributed by atoms with Crippen molar-refractivity contribution in [2.24, 2.45) is 5.41 Å². The van der Waals surface area contributed by atoms with Gasteiger partial charge in [0.2, 0.25) is 5.88 Å². The summed E-state index contributed by atoms with van der Waals surface area (Å²) in [7, 11) is 0. The van der Waals surface area contributed by atoms with E-state index in [-0.39, 0.29) is 23.8 Å².